The van der Waals surface area contributed by atoms with Crippen molar-refractivity contribution in [2.45, 2.75) is 52.6 Å². The Bertz CT molecular complexity index is 168. The van der Waals surface area contributed by atoms with E-state index in [0.29, 0.717) is 11.5 Å². The molecule has 0 aromatic heterocycles. The smallest absolute Gasteiger partial charge is 0.0582 e. The minimum Gasteiger partial charge on any atom is -0.378 e. The molecule has 0 amide bonds. The summed E-state index contributed by atoms with van der Waals surface area (Å²) in [4.78, 5) is 0. The quantitative estimate of drug-likeness (QED) is 0.550. The van der Waals surface area contributed by atoms with Crippen LogP contribution in [0.3, 0.4) is 0 Å². The molecule has 1 saturated carbocycles. The molecule has 1 aliphatic carbocycles. The fraction of sp³-hybridized carbons (Fsp3) is 1.00. The van der Waals surface area contributed by atoms with Gasteiger partial charge in [0, 0.05) is 11.9 Å². The van der Waals surface area contributed by atoms with Gasteiger partial charge >= 0.3 is 0 Å². The lowest BCUT2D eigenvalue weighted by atomic mass is 9.71. The molecule has 0 aromatic rings. The molecule has 0 saturated heterocycles. The first-order valence-corrected chi connectivity index (χ1v) is 6.83. The predicted molar refractivity (Wildman–Crippen MR) is 64.9 cm³/mol. The summed E-state index contributed by atoms with van der Waals surface area (Å²) in [5.74, 6) is 0.827. The normalized spacial score (nSPS) is 31.7. The summed E-state index contributed by atoms with van der Waals surface area (Å²) >= 11 is 3.43. The minimum absolute atomic E-state index is 0.483. The lowest BCUT2D eigenvalue weighted by molar-refractivity contribution is -0.0221. The van der Waals surface area contributed by atoms with E-state index in [9.17, 15) is 0 Å². The molecule has 2 atom stereocenters. The fourth-order valence-corrected chi connectivity index (χ4v) is 2.92. The van der Waals surface area contributed by atoms with Crippen molar-refractivity contribution < 1.29 is 4.74 Å². The first-order valence-electron chi connectivity index (χ1n) is 5.71. The van der Waals surface area contributed by atoms with E-state index in [2.05, 4.69) is 36.7 Å². The Kier molecular flexibility index (Phi) is 4.92. The van der Waals surface area contributed by atoms with E-state index in [1.165, 1.54) is 19.3 Å². The van der Waals surface area contributed by atoms with Gasteiger partial charge in [0.1, 0.15) is 0 Å². The van der Waals surface area contributed by atoms with E-state index in [-0.39, 0.29) is 0 Å². The molecule has 1 fully saturated rings. The van der Waals surface area contributed by atoms with Crippen molar-refractivity contribution in [1.82, 2.24) is 0 Å². The second kappa shape index (κ2) is 5.50. The number of rotatable bonds is 4. The van der Waals surface area contributed by atoms with Crippen LogP contribution in [0.25, 0.3) is 0 Å². The molecule has 2 unspecified atom stereocenters. The van der Waals surface area contributed by atoms with Gasteiger partial charge in [0.15, 0.2) is 0 Å². The second-order valence-electron chi connectivity index (χ2n) is 5.45. The Morgan fingerprint density at radius 2 is 2.07 bits per heavy atom. The van der Waals surface area contributed by atoms with Crippen molar-refractivity contribution in [1.29, 1.82) is 0 Å². The molecule has 0 aromatic carbocycles. The van der Waals surface area contributed by atoms with Crippen LogP contribution in [-0.4, -0.2) is 18.0 Å². The van der Waals surface area contributed by atoms with Crippen LogP contribution in [0.2, 0.25) is 0 Å². The van der Waals surface area contributed by atoms with Crippen LogP contribution in [0.5, 0.6) is 0 Å². The summed E-state index contributed by atoms with van der Waals surface area (Å²) in [6.07, 6.45) is 5.48. The van der Waals surface area contributed by atoms with Gasteiger partial charge < -0.3 is 4.74 Å². The Morgan fingerprint density at radius 1 is 1.36 bits per heavy atom. The third kappa shape index (κ3) is 4.31. The molecule has 2 heteroatoms. The SMILES string of the molecule is CC1CC(OCCCBr)CC(C)(C)C1. The highest BCUT2D eigenvalue weighted by Crippen LogP contribution is 2.39. The highest BCUT2D eigenvalue weighted by atomic mass is 79.9. The van der Waals surface area contributed by atoms with Crippen LogP contribution in [0.1, 0.15) is 46.5 Å². The molecule has 84 valence electrons. The fourth-order valence-electron chi connectivity index (χ4n) is 2.69. The Labute approximate surface area is 96.7 Å². The van der Waals surface area contributed by atoms with Gasteiger partial charge in [-0.05, 0) is 37.0 Å². The Balaban J connectivity index is 2.30. The minimum atomic E-state index is 0.483. The van der Waals surface area contributed by atoms with Crippen LogP contribution in [-0.2, 0) is 4.74 Å². The monoisotopic (exact) mass is 262 g/mol. The van der Waals surface area contributed by atoms with Crippen molar-refractivity contribution in [3.63, 3.8) is 0 Å². The molecule has 0 spiro atoms. The van der Waals surface area contributed by atoms with Crippen molar-refractivity contribution in [2.24, 2.45) is 11.3 Å². The molecule has 0 radical (unpaired) electrons. The number of ether oxygens (including phenoxy) is 1. The maximum atomic E-state index is 5.90. The van der Waals surface area contributed by atoms with E-state index < -0.39 is 0 Å². The van der Waals surface area contributed by atoms with E-state index in [1.807, 2.05) is 0 Å². The number of hydrogen-bond acceptors (Lipinski definition) is 1. The lowest BCUT2D eigenvalue weighted by Gasteiger charge is -2.38. The van der Waals surface area contributed by atoms with Crippen LogP contribution in [0.15, 0.2) is 0 Å². The largest absolute Gasteiger partial charge is 0.378 e. The van der Waals surface area contributed by atoms with Gasteiger partial charge in [0.2, 0.25) is 0 Å². The summed E-state index contributed by atoms with van der Waals surface area (Å²) in [7, 11) is 0. The summed E-state index contributed by atoms with van der Waals surface area (Å²) in [6, 6.07) is 0. The topological polar surface area (TPSA) is 9.23 Å². The standard InChI is InChI=1S/C12H23BrO/c1-10-7-11(14-6-4-5-13)9-12(2,3)8-10/h10-11H,4-9H2,1-3H3. The van der Waals surface area contributed by atoms with Gasteiger partial charge in [0.25, 0.3) is 0 Å². The van der Waals surface area contributed by atoms with Crippen LogP contribution in [0.4, 0.5) is 0 Å². The lowest BCUT2D eigenvalue weighted by Crippen LogP contribution is -2.32. The van der Waals surface area contributed by atoms with Gasteiger partial charge in [0.05, 0.1) is 6.10 Å². The van der Waals surface area contributed by atoms with E-state index in [4.69, 9.17) is 4.74 Å². The Hall–Kier alpha value is 0.440. The molecule has 1 aliphatic rings. The van der Waals surface area contributed by atoms with E-state index >= 15 is 0 Å². The molecule has 0 aliphatic heterocycles. The van der Waals surface area contributed by atoms with Crippen molar-refractivity contribution in [3.05, 3.63) is 0 Å². The Morgan fingerprint density at radius 3 is 2.64 bits per heavy atom. The maximum absolute atomic E-state index is 5.90. The zero-order valence-electron chi connectivity index (χ0n) is 9.68. The molecule has 0 N–H and O–H groups in total. The number of hydrogen-bond donors (Lipinski definition) is 0. The van der Waals surface area contributed by atoms with Crippen molar-refractivity contribution in [3.8, 4) is 0 Å². The zero-order valence-corrected chi connectivity index (χ0v) is 11.3. The molecular formula is C12H23BrO. The summed E-state index contributed by atoms with van der Waals surface area (Å²) < 4.78 is 5.90. The molecular weight excluding hydrogens is 240 g/mol. The molecule has 1 nitrogen and oxygen atoms in total. The third-order valence-corrected chi connectivity index (χ3v) is 3.54. The third-order valence-electron chi connectivity index (χ3n) is 2.98. The van der Waals surface area contributed by atoms with Gasteiger partial charge in [-0.2, -0.15) is 0 Å². The van der Waals surface area contributed by atoms with Crippen LogP contribution in [0, 0.1) is 11.3 Å². The second-order valence-corrected chi connectivity index (χ2v) is 6.24. The van der Waals surface area contributed by atoms with Gasteiger partial charge in [-0.1, -0.05) is 36.7 Å². The van der Waals surface area contributed by atoms with Gasteiger partial charge in [-0.25, -0.2) is 0 Å². The summed E-state index contributed by atoms with van der Waals surface area (Å²) in [5.41, 5.74) is 0.483. The maximum Gasteiger partial charge on any atom is 0.0582 e. The molecule has 14 heavy (non-hydrogen) atoms. The van der Waals surface area contributed by atoms with E-state index in [1.54, 1.807) is 0 Å². The number of alkyl halides is 1. The van der Waals surface area contributed by atoms with Gasteiger partial charge in [-0.15, -0.1) is 0 Å². The molecule has 0 heterocycles. The highest BCUT2D eigenvalue weighted by Gasteiger charge is 2.32. The zero-order chi connectivity index (χ0) is 10.6. The molecule has 0 bridgehead atoms. The number of halogens is 1. The predicted octanol–water partition coefficient (Wildman–Crippen LogP) is 4.00. The van der Waals surface area contributed by atoms with E-state index in [0.717, 1.165) is 24.3 Å². The summed E-state index contributed by atoms with van der Waals surface area (Å²) in [5, 5.41) is 1.05. The first-order chi connectivity index (χ1) is 6.53. The van der Waals surface area contributed by atoms with Crippen molar-refractivity contribution in [2.75, 3.05) is 11.9 Å². The molecule has 1 rings (SSSR count). The van der Waals surface area contributed by atoms with Crippen molar-refractivity contribution >= 4 is 15.9 Å². The average molecular weight is 263 g/mol. The van der Waals surface area contributed by atoms with Crippen LogP contribution < -0.4 is 0 Å². The first kappa shape index (κ1) is 12.5. The summed E-state index contributed by atoms with van der Waals surface area (Å²) in [6.45, 7) is 7.99. The highest BCUT2D eigenvalue weighted by molar-refractivity contribution is 9.09. The van der Waals surface area contributed by atoms with Crippen LogP contribution >= 0.6 is 15.9 Å². The van der Waals surface area contributed by atoms with Gasteiger partial charge in [-0.3, -0.25) is 0 Å². The average Bonchev–Trinajstić information content (AvgIpc) is 2.00.